The molecule has 0 atom stereocenters. The number of nitrogens with zero attached hydrogens (tertiary/aromatic N) is 2. The van der Waals surface area contributed by atoms with Gasteiger partial charge >= 0.3 is 0 Å². The molecular formula is C27H33N3O4. The normalized spacial score (nSPS) is 10.8. The first-order valence-electron chi connectivity index (χ1n) is 11.3. The van der Waals surface area contributed by atoms with Crippen LogP contribution < -0.4 is 15.0 Å². The molecule has 0 aliphatic carbocycles. The molecule has 7 heteroatoms. The summed E-state index contributed by atoms with van der Waals surface area (Å²) in [5.41, 5.74) is 3.51. The topological polar surface area (TPSA) is 75.0 Å². The second kappa shape index (κ2) is 11.4. The number of anilines is 2. The summed E-state index contributed by atoms with van der Waals surface area (Å²) in [4.78, 5) is 29.5. The van der Waals surface area contributed by atoms with Crippen LogP contribution in [-0.2, 0) is 17.8 Å². The molecule has 0 fully saturated rings. The van der Waals surface area contributed by atoms with Gasteiger partial charge in [-0.2, -0.15) is 0 Å². The van der Waals surface area contributed by atoms with E-state index < -0.39 is 0 Å². The summed E-state index contributed by atoms with van der Waals surface area (Å²) in [5, 5.41) is 2.99. The van der Waals surface area contributed by atoms with Crippen molar-refractivity contribution in [2.24, 2.45) is 5.92 Å². The third-order valence-corrected chi connectivity index (χ3v) is 5.33. The van der Waals surface area contributed by atoms with Gasteiger partial charge in [-0.1, -0.05) is 26.0 Å². The van der Waals surface area contributed by atoms with Crippen molar-refractivity contribution in [2.75, 3.05) is 38.0 Å². The minimum absolute atomic E-state index is 0.112. The molecule has 0 saturated heterocycles. The molecule has 0 aliphatic heterocycles. The summed E-state index contributed by atoms with van der Waals surface area (Å²) >= 11 is 0. The van der Waals surface area contributed by atoms with E-state index in [1.807, 2.05) is 61.5 Å². The Bertz CT molecular complexity index is 1090. The maximum Gasteiger partial charge on any atom is 0.289 e. The quantitative estimate of drug-likeness (QED) is 0.466. The van der Waals surface area contributed by atoms with E-state index >= 15 is 0 Å². The largest absolute Gasteiger partial charge is 0.497 e. The van der Waals surface area contributed by atoms with Crippen LogP contribution in [0.4, 0.5) is 11.4 Å². The Hall–Kier alpha value is -3.74. The number of nitrogens with one attached hydrogen (secondary N) is 1. The molecule has 7 nitrogen and oxygen atoms in total. The van der Waals surface area contributed by atoms with E-state index in [0.717, 1.165) is 22.6 Å². The highest BCUT2D eigenvalue weighted by molar-refractivity contribution is 5.93. The summed E-state index contributed by atoms with van der Waals surface area (Å²) in [6.07, 6.45) is 1.76. The Morgan fingerprint density at radius 1 is 1.06 bits per heavy atom. The highest BCUT2D eigenvalue weighted by Gasteiger charge is 2.21. The predicted molar refractivity (Wildman–Crippen MR) is 134 cm³/mol. The molecule has 34 heavy (non-hydrogen) atoms. The Morgan fingerprint density at radius 2 is 1.79 bits per heavy atom. The second-order valence-electron chi connectivity index (χ2n) is 8.87. The van der Waals surface area contributed by atoms with Gasteiger partial charge in [-0.25, -0.2) is 0 Å². The zero-order chi connectivity index (χ0) is 24.7. The summed E-state index contributed by atoms with van der Waals surface area (Å²) in [6, 6.07) is 16.6. The van der Waals surface area contributed by atoms with Crippen molar-refractivity contribution in [3.63, 3.8) is 0 Å². The molecule has 0 unspecified atom stereocenters. The lowest BCUT2D eigenvalue weighted by Crippen LogP contribution is -2.34. The lowest BCUT2D eigenvalue weighted by Gasteiger charge is -2.27. The van der Waals surface area contributed by atoms with Gasteiger partial charge in [0.15, 0.2) is 5.76 Å². The van der Waals surface area contributed by atoms with Crippen LogP contribution in [0.25, 0.3) is 0 Å². The fourth-order valence-corrected chi connectivity index (χ4v) is 3.78. The molecule has 3 rings (SSSR count). The summed E-state index contributed by atoms with van der Waals surface area (Å²) in [7, 11) is 5.53. The lowest BCUT2D eigenvalue weighted by atomic mass is 10.1. The first-order valence-corrected chi connectivity index (χ1v) is 11.3. The average molecular weight is 464 g/mol. The fraction of sp³-hybridized carbons (Fsp3) is 0.333. The molecule has 3 aromatic rings. The van der Waals surface area contributed by atoms with Crippen molar-refractivity contribution >= 4 is 23.2 Å². The minimum Gasteiger partial charge on any atom is -0.497 e. The van der Waals surface area contributed by atoms with Gasteiger partial charge in [0.1, 0.15) is 5.75 Å². The van der Waals surface area contributed by atoms with E-state index in [-0.39, 0.29) is 24.2 Å². The first kappa shape index (κ1) is 24.9. The maximum absolute atomic E-state index is 13.1. The Morgan fingerprint density at radius 3 is 2.38 bits per heavy atom. The molecule has 1 heterocycles. The first-order chi connectivity index (χ1) is 16.3. The van der Waals surface area contributed by atoms with Crippen LogP contribution in [0.2, 0.25) is 0 Å². The zero-order valence-electron chi connectivity index (χ0n) is 20.5. The highest BCUT2D eigenvalue weighted by atomic mass is 16.5. The van der Waals surface area contributed by atoms with Gasteiger partial charge in [-0.15, -0.1) is 0 Å². The standard InChI is InChI=1S/C27H33N3O4/c1-19(2)17-30(27(32)25-7-6-14-34-25)18-21-16-22(10-13-24(21)29(3)4)28-26(31)15-20-8-11-23(33-5)12-9-20/h6-14,16,19H,15,17-18H2,1-5H3,(H,28,31). The van der Waals surface area contributed by atoms with Gasteiger partial charge in [0.2, 0.25) is 5.91 Å². The van der Waals surface area contributed by atoms with Crippen molar-refractivity contribution in [3.05, 3.63) is 77.7 Å². The lowest BCUT2D eigenvalue weighted by molar-refractivity contribution is -0.115. The van der Waals surface area contributed by atoms with Crippen LogP contribution >= 0.6 is 0 Å². The average Bonchev–Trinajstić information content (AvgIpc) is 3.33. The number of amides is 2. The summed E-state index contributed by atoms with van der Waals surface area (Å²) in [5.74, 6) is 1.09. The van der Waals surface area contributed by atoms with E-state index in [9.17, 15) is 9.59 Å². The van der Waals surface area contributed by atoms with Gasteiger partial charge in [0.25, 0.3) is 5.91 Å². The Labute approximate surface area is 201 Å². The van der Waals surface area contributed by atoms with Crippen molar-refractivity contribution in [3.8, 4) is 5.75 Å². The van der Waals surface area contributed by atoms with Gasteiger partial charge in [-0.3, -0.25) is 9.59 Å². The third kappa shape index (κ3) is 6.63. The SMILES string of the molecule is COc1ccc(CC(=O)Nc2ccc(N(C)C)c(CN(CC(C)C)C(=O)c3ccco3)c2)cc1. The van der Waals surface area contributed by atoms with E-state index in [0.29, 0.717) is 24.5 Å². The second-order valence-corrected chi connectivity index (χ2v) is 8.87. The molecule has 0 bridgehead atoms. The van der Waals surface area contributed by atoms with Gasteiger partial charge < -0.3 is 24.3 Å². The van der Waals surface area contributed by atoms with Crippen molar-refractivity contribution in [1.29, 1.82) is 0 Å². The number of furan rings is 1. The van der Waals surface area contributed by atoms with Crippen LogP contribution in [0.5, 0.6) is 5.75 Å². The van der Waals surface area contributed by atoms with Gasteiger partial charge in [-0.05, 0) is 59.5 Å². The van der Waals surface area contributed by atoms with Crippen LogP contribution in [-0.4, -0.2) is 44.5 Å². The van der Waals surface area contributed by atoms with Gasteiger partial charge in [0, 0.05) is 38.6 Å². The smallest absolute Gasteiger partial charge is 0.289 e. The minimum atomic E-state index is -0.155. The molecule has 0 spiro atoms. The maximum atomic E-state index is 13.1. The number of methoxy groups -OCH3 is 1. The number of hydrogen-bond donors (Lipinski definition) is 1. The number of hydrogen-bond acceptors (Lipinski definition) is 5. The third-order valence-electron chi connectivity index (χ3n) is 5.33. The highest BCUT2D eigenvalue weighted by Crippen LogP contribution is 2.26. The summed E-state index contributed by atoms with van der Waals surface area (Å²) < 4.78 is 10.5. The Balaban J connectivity index is 1.79. The zero-order valence-corrected chi connectivity index (χ0v) is 20.5. The predicted octanol–water partition coefficient (Wildman–Crippen LogP) is 4.83. The molecule has 2 amide bonds. The number of ether oxygens (including phenoxy) is 1. The van der Waals surface area contributed by atoms with Crippen molar-refractivity contribution < 1.29 is 18.7 Å². The number of carbonyl (C=O) groups is 2. The molecule has 2 aromatic carbocycles. The monoisotopic (exact) mass is 463 g/mol. The fourth-order valence-electron chi connectivity index (χ4n) is 3.78. The van der Waals surface area contributed by atoms with E-state index in [1.165, 1.54) is 6.26 Å². The number of benzene rings is 2. The molecular weight excluding hydrogens is 430 g/mol. The van der Waals surface area contributed by atoms with Crippen LogP contribution in [0.3, 0.4) is 0 Å². The van der Waals surface area contributed by atoms with E-state index in [2.05, 4.69) is 19.2 Å². The van der Waals surface area contributed by atoms with Crippen molar-refractivity contribution in [2.45, 2.75) is 26.8 Å². The number of carbonyl (C=O) groups excluding carboxylic acids is 2. The molecule has 1 N–H and O–H groups in total. The van der Waals surface area contributed by atoms with E-state index in [4.69, 9.17) is 9.15 Å². The molecule has 1 aromatic heterocycles. The van der Waals surface area contributed by atoms with Crippen LogP contribution in [0.15, 0.2) is 65.3 Å². The number of rotatable bonds is 10. The van der Waals surface area contributed by atoms with Crippen molar-refractivity contribution in [1.82, 2.24) is 4.90 Å². The van der Waals surface area contributed by atoms with Crippen LogP contribution in [0.1, 0.15) is 35.5 Å². The molecule has 0 saturated carbocycles. The van der Waals surface area contributed by atoms with Gasteiger partial charge in [0.05, 0.1) is 19.8 Å². The van der Waals surface area contributed by atoms with E-state index in [1.54, 1.807) is 24.1 Å². The molecule has 180 valence electrons. The van der Waals surface area contributed by atoms with Crippen LogP contribution in [0, 0.1) is 5.92 Å². The Kier molecular flexibility index (Phi) is 8.35. The molecule has 0 aliphatic rings. The molecule has 0 radical (unpaired) electrons. The summed E-state index contributed by atoms with van der Waals surface area (Å²) in [6.45, 7) is 5.13.